The second-order valence-electron chi connectivity index (χ2n) is 5.16. The second-order valence-corrected chi connectivity index (χ2v) is 5.16. The van der Waals surface area contributed by atoms with Gasteiger partial charge in [-0.2, -0.15) is 13.2 Å². The summed E-state index contributed by atoms with van der Waals surface area (Å²) in [4.78, 5) is 26.1. The summed E-state index contributed by atoms with van der Waals surface area (Å²) in [5.41, 5.74) is 0. The van der Waals surface area contributed by atoms with Gasteiger partial charge >= 0.3 is 6.18 Å². The van der Waals surface area contributed by atoms with Crippen LogP contribution in [0.2, 0.25) is 0 Å². The molecule has 1 saturated heterocycles. The van der Waals surface area contributed by atoms with Crippen molar-refractivity contribution in [1.82, 2.24) is 9.80 Å². The minimum Gasteiger partial charge on any atom is -0.484 e. The average molecular weight is 330 g/mol. The monoisotopic (exact) mass is 330 g/mol. The van der Waals surface area contributed by atoms with Crippen molar-refractivity contribution in [3.05, 3.63) is 30.3 Å². The lowest BCUT2D eigenvalue weighted by atomic mass is 10.2. The van der Waals surface area contributed by atoms with Crippen molar-refractivity contribution in [3.63, 3.8) is 0 Å². The lowest BCUT2D eigenvalue weighted by Crippen LogP contribution is -2.52. The van der Waals surface area contributed by atoms with Crippen LogP contribution in [0.4, 0.5) is 13.2 Å². The van der Waals surface area contributed by atoms with Gasteiger partial charge in [0.15, 0.2) is 6.61 Å². The van der Waals surface area contributed by atoms with Crippen molar-refractivity contribution in [2.24, 2.45) is 0 Å². The quantitative estimate of drug-likeness (QED) is 0.844. The standard InChI is InChI=1S/C15H17F3N2O3/c16-15(17,18)10-13(21)19-6-8-20(9-7-19)14(22)11-23-12-4-2-1-3-5-12/h1-5H,6-11H2. The van der Waals surface area contributed by atoms with Crippen LogP contribution in [-0.2, 0) is 9.59 Å². The molecule has 126 valence electrons. The summed E-state index contributed by atoms with van der Waals surface area (Å²) < 4.78 is 41.9. The first kappa shape index (κ1) is 17.1. The van der Waals surface area contributed by atoms with E-state index in [4.69, 9.17) is 4.74 Å². The van der Waals surface area contributed by atoms with E-state index in [0.29, 0.717) is 5.75 Å². The summed E-state index contributed by atoms with van der Waals surface area (Å²) in [7, 11) is 0. The molecule has 2 rings (SSSR count). The Labute approximate surface area is 131 Å². The zero-order valence-corrected chi connectivity index (χ0v) is 12.4. The van der Waals surface area contributed by atoms with Gasteiger partial charge in [-0.05, 0) is 12.1 Å². The van der Waals surface area contributed by atoms with Gasteiger partial charge in [-0.3, -0.25) is 9.59 Å². The van der Waals surface area contributed by atoms with Crippen LogP contribution in [0.5, 0.6) is 5.75 Å². The van der Waals surface area contributed by atoms with Gasteiger partial charge in [0.25, 0.3) is 5.91 Å². The van der Waals surface area contributed by atoms with Crippen LogP contribution < -0.4 is 4.74 Å². The Morgan fingerprint density at radius 3 is 2.00 bits per heavy atom. The third kappa shape index (κ3) is 5.46. The first-order valence-corrected chi connectivity index (χ1v) is 7.15. The summed E-state index contributed by atoms with van der Waals surface area (Å²) in [6.07, 6.45) is -5.97. The molecule has 1 heterocycles. The number of halogens is 3. The molecule has 0 spiro atoms. The van der Waals surface area contributed by atoms with Gasteiger partial charge in [-0.15, -0.1) is 0 Å². The van der Waals surface area contributed by atoms with Crippen LogP contribution in [0.3, 0.4) is 0 Å². The number of hydrogen-bond donors (Lipinski definition) is 0. The fraction of sp³-hybridized carbons (Fsp3) is 0.467. The van der Waals surface area contributed by atoms with Crippen LogP contribution in [-0.4, -0.2) is 60.6 Å². The first-order chi connectivity index (χ1) is 10.8. The Balaban J connectivity index is 1.75. The number of piperazine rings is 1. The minimum absolute atomic E-state index is 0.103. The molecule has 1 aromatic rings. The maximum atomic E-state index is 12.2. The molecule has 0 unspecified atom stereocenters. The molecule has 0 N–H and O–H groups in total. The third-order valence-corrected chi connectivity index (χ3v) is 3.44. The van der Waals surface area contributed by atoms with Gasteiger partial charge in [-0.1, -0.05) is 18.2 Å². The molecule has 1 fully saturated rings. The third-order valence-electron chi connectivity index (χ3n) is 3.44. The van der Waals surface area contributed by atoms with E-state index in [9.17, 15) is 22.8 Å². The summed E-state index contributed by atoms with van der Waals surface area (Å²) in [6, 6.07) is 8.84. The number of carbonyl (C=O) groups is 2. The number of alkyl halides is 3. The van der Waals surface area contributed by atoms with Crippen LogP contribution in [0.25, 0.3) is 0 Å². The summed E-state index contributed by atoms with van der Waals surface area (Å²) >= 11 is 0. The molecule has 0 bridgehead atoms. The van der Waals surface area contributed by atoms with Gasteiger partial charge in [0.2, 0.25) is 5.91 Å². The first-order valence-electron chi connectivity index (χ1n) is 7.15. The van der Waals surface area contributed by atoms with E-state index in [1.54, 1.807) is 24.3 Å². The van der Waals surface area contributed by atoms with E-state index in [-0.39, 0.29) is 38.7 Å². The molecule has 5 nitrogen and oxygen atoms in total. The molecule has 1 aromatic carbocycles. The van der Waals surface area contributed by atoms with E-state index >= 15 is 0 Å². The number of benzene rings is 1. The fourth-order valence-corrected chi connectivity index (χ4v) is 2.24. The van der Waals surface area contributed by atoms with Crippen LogP contribution in [0.15, 0.2) is 30.3 Å². The van der Waals surface area contributed by atoms with Crippen molar-refractivity contribution < 1.29 is 27.5 Å². The van der Waals surface area contributed by atoms with E-state index in [1.165, 1.54) is 4.90 Å². The van der Waals surface area contributed by atoms with E-state index in [2.05, 4.69) is 0 Å². The van der Waals surface area contributed by atoms with Crippen molar-refractivity contribution in [1.29, 1.82) is 0 Å². The number of amides is 2. The second kappa shape index (κ2) is 7.34. The summed E-state index contributed by atoms with van der Waals surface area (Å²) in [6.45, 7) is 0.486. The highest BCUT2D eigenvalue weighted by molar-refractivity contribution is 5.79. The maximum Gasteiger partial charge on any atom is 0.397 e. The van der Waals surface area contributed by atoms with Gasteiger partial charge in [0, 0.05) is 26.2 Å². The Bertz CT molecular complexity index is 541. The number of hydrogen-bond acceptors (Lipinski definition) is 3. The van der Waals surface area contributed by atoms with E-state index in [1.807, 2.05) is 6.07 Å². The topological polar surface area (TPSA) is 49.9 Å². The van der Waals surface area contributed by atoms with Gasteiger partial charge < -0.3 is 14.5 Å². The van der Waals surface area contributed by atoms with Crippen LogP contribution in [0.1, 0.15) is 6.42 Å². The molecule has 23 heavy (non-hydrogen) atoms. The Morgan fingerprint density at radius 2 is 1.48 bits per heavy atom. The Hall–Kier alpha value is -2.25. The molecule has 0 aromatic heterocycles. The van der Waals surface area contributed by atoms with Crippen molar-refractivity contribution in [3.8, 4) is 5.75 Å². The van der Waals surface area contributed by atoms with Gasteiger partial charge in [-0.25, -0.2) is 0 Å². The molecule has 2 amide bonds. The zero-order chi connectivity index (χ0) is 16.9. The fourth-order valence-electron chi connectivity index (χ4n) is 2.24. The lowest BCUT2D eigenvalue weighted by Gasteiger charge is -2.34. The predicted octanol–water partition coefficient (Wildman–Crippen LogP) is 1.69. The highest BCUT2D eigenvalue weighted by Gasteiger charge is 2.34. The SMILES string of the molecule is O=C(COc1ccccc1)N1CCN(C(=O)CC(F)(F)F)CC1. The number of rotatable bonds is 4. The summed E-state index contributed by atoms with van der Waals surface area (Å²) in [5, 5.41) is 0. The van der Waals surface area contributed by atoms with Crippen molar-refractivity contribution >= 4 is 11.8 Å². The molecule has 1 aliphatic heterocycles. The highest BCUT2D eigenvalue weighted by Crippen LogP contribution is 2.21. The molecular formula is C15H17F3N2O3. The largest absolute Gasteiger partial charge is 0.484 e. The Morgan fingerprint density at radius 1 is 0.957 bits per heavy atom. The molecule has 1 aliphatic rings. The molecular weight excluding hydrogens is 313 g/mol. The molecule has 0 atom stereocenters. The average Bonchev–Trinajstić information content (AvgIpc) is 2.52. The van der Waals surface area contributed by atoms with E-state index in [0.717, 1.165) is 4.90 Å². The molecule has 0 radical (unpaired) electrons. The van der Waals surface area contributed by atoms with Crippen molar-refractivity contribution in [2.45, 2.75) is 12.6 Å². The zero-order valence-electron chi connectivity index (χ0n) is 12.4. The lowest BCUT2D eigenvalue weighted by molar-refractivity contribution is -0.163. The van der Waals surface area contributed by atoms with Crippen molar-refractivity contribution in [2.75, 3.05) is 32.8 Å². The summed E-state index contributed by atoms with van der Waals surface area (Å²) in [5.74, 6) is -0.637. The molecule has 0 aliphatic carbocycles. The van der Waals surface area contributed by atoms with Gasteiger partial charge in [0.05, 0.1) is 0 Å². The predicted molar refractivity (Wildman–Crippen MR) is 75.8 cm³/mol. The number of ether oxygens (including phenoxy) is 1. The number of para-hydroxylation sites is 1. The van der Waals surface area contributed by atoms with Crippen LogP contribution in [0, 0.1) is 0 Å². The molecule has 0 saturated carbocycles. The highest BCUT2D eigenvalue weighted by atomic mass is 19.4. The smallest absolute Gasteiger partial charge is 0.397 e. The minimum atomic E-state index is -4.51. The van der Waals surface area contributed by atoms with E-state index < -0.39 is 18.5 Å². The number of carbonyl (C=O) groups excluding carboxylic acids is 2. The number of nitrogens with zero attached hydrogens (tertiary/aromatic N) is 2. The van der Waals surface area contributed by atoms with Crippen LogP contribution >= 0.6 is 0 Å². The van der Waals surface area contributed by atoms with Gasteiger partial charge in [0.1, 0.15) is 12.2 Å². The molecule has 8 heteroatoms. The Kier molecular flexibility index (Phi) is 5.46. The normalized spacial score (nSPS) is 15.4. The maximum absolute atomic E-state index is 12.2.